The molecule has 0 spiro atoms. The Bertz CT molecular complexity index is 186. The summed E-state index contributed by atoms with van der Waals surface area (Å²) in [7, 11) is 0. The largest absolute Gasteiger partial charge is 0.374 e. The molecular formula is C9H16BrNO2. The maximum absolute atomic E-state index is 11.5. The van der Waals surface area contributed by atoms with E-state index in [1.54, 1.807) is 0 Å². The third-order valence-electron chi connectivity index (χ3n) is 2.40. The Hall–Kier alpha value is -0.0900. The minimum Gasteiger partial charge on any atom is -0.374 e. The molecule has 4 heteroatoms. The number of nitrogens with zero attached hydrogens (tertiary/aromatic N) is 1. The van der Waals surface area contributed by atoms with E-state index in [0.29, 0.717) is 11.9 Å². The Labute approximate surface area is 87.6 Å². The lowest BCUT2D eigenvalue weighted by Crippen LogP contribution is -2.51. The number of hydrogen-bond acceptors (Lipinski definition) is 2. The van der Waals surface area contributed by atoms with Crippen LogP contribution in [0.25, 0.3) is 0 Å². The zero-order valence-corrected chi connectivity index (χ0v) is 9.71. The molecule has 2 atom stereocenters. The second-order valence-electron chi connectivity index (χ2n) is 3.39. The molecule has 3 nitrogen and oxygen atoms in total. The summed E-state index contributed by atoms with van der Waals surface area (Å²) in [4.78, 5) is 13.4. The number of morpholine rings is 1. The third kappa shape index (κ3) is 2.68. The Morgan fingerprint density at radius 2 is 2.38 bits per heavy atom. The lowest BCUT2D eigenvalue weighted by atomic mass is 10.1. The van der Waals surface area contributed by atoms with Gasteiger partial charge in [0, 0.05) is 6.54 Å². The Kier molecular flexibility index (Phi) is 4.19. The second kappa shape index (κ2) is 4.96. The Balaban J connectivity index is 2.54. The topological polar surface area (TPSA) is 29.5 Å². The van der Waals surface area contributed by atoms with Gasteiger partial charge < -0.3 is 9.64 Å². The van der Waals surface area contributed by atoms with Gasteiger partial charge >= 0.3 is 0 Å². The fraction of sp³-hybridized carbons (Fsp3) is 0.889. The van der Waals surface area contributed by atoms with Gasteiger partial charge in [-0.25, -0.2) is 0 Å². The fourth-order valence-corrected chi connectivity index (χ4v) is 1.81. The van der Waals surface area contributed by atoms with Gasteiger partial charge in [0.1, 0.15) is 0 Å². The highest BCUT2D eigenvalue weighted by atomic mass is 79.9. The van der Waals surface area contributed by atoms with Gasteiger partial charge in [0.15, 0.2) is 0 Å². The molecule has 0 radical (unpaired) electrons. The van der Waals surface area contributed by atoms with Crippen LogP contribution in [-0.2, 0) is 9.53 Å². The molecule has 0 aliphatic carbocycles. The van der Waals surface area contributed by atoms with Gasteiger partial charge in [-0.3, -0.25) is 4.79 Å². The molecule has 0 aromatic carbocycles. The van der Waals surface area contributed by atoms with Gasteiger partial charge in [-0.05, 0) is 13.3 Å². The maximum atomic E-state index is 11.5. The summed E-state index contributed by atoms with van der Waals surface area (Å²) < 4.78 is 5.56. The van der Waals surface area contributed by atoms with Crippen LogP contribution >= 0.6 is 15.9 Å². The molecule has 0 saturated carbocycles. The smallest absolute Gasteiger partial charge is 0.233 e. The van der Waals surface area contributed by atoms with E-state index in [0.717, 1.165) is 13.0 Å². The zero-order chi connectivity index (χ0) is 9.84. The van der Waals surface area contributed by atoms with Crippen molar-refractivity contribution in [3.8, 4) is 0 Å². The van der Waals surface area contributed by atoms with Crippen molar-refractivity contribution in [3.05, 3.63) is 0 Å². The average Bonchev–Trinajstić information content (AvgIpc) is 2.17. The molecule has 0 N–H and O–H groups in total. The van der Waals surface area contributed by atoms with Crippen LogP contribution in [0.1, 0.15) is 20.3 Å². The SMILES string of the molecule is CCC1CN(C(=O)CBr)C(C)CO1. The van der Waals surface area contributed by atoms with Gasteiger partial charge in [-0.2, -0.15) is 0 Å². The summed E-state index contributed by atoms with van der Waals surface area (Å²) in [5.41, 5.74) is 0. The molecule has 0 aromatic heterocycles. The molecule has 0 bridgehead atoms. The van der Waals surface area contributed by atoms with Crippen LogP contribution in [0.2, 0.25) is 0 Å². The highest BCUT2D eigenvalue weighted by molar-refractivity contribution is 9.09. The van der Waals surface area contributed by atoms with Crippen molar-refractivity contribution in [2.75, 3.05) is 18.5 Å². The van der Waals surface area contributed by atoms with Crippen molar-refractivity contribution in [1.82, 2.24) is 4.90 Å². The van der Waals surface area contributed by atoms with E-state index in [1.807, 2.05) is 11.8 Å². The van der Waals surface area contributed by atoms with Gasteiger partial charge in [-0.15, -0.1) is 0 Å². The monoisotopic (exact) mass is 249 g/mol. The van der Waals surface area contributed by atoms with E-state index >= 15 is 0 Å². The predicted octanol–water partition coefficient (Wildman–Crippen LogP) is 1.41. The molecule has 1 amide bonds. The minimum atomic E-state index is 0.161. The first-order valence-electron chi connectivity index (χ1n) is 4.66. The molecule has 1 aliphatic heterocycles. The van der Waals surface area contributed by atoms with E-state index < -0.39 is 0 Å². The fourth-order valence-electron chi connectivity index (χ4n) is 1.49. The number of amides is 1. The van der Waals surface area contributed by atoms with Crippen molar-refractivity contribution >= 4 is 21.8 Å². The van der Waals surface area contributed by atoms with Gasteiger partial charge in [-0.1, -0.05) is 22.9 Å². The molecular weight excluding hydrogens is 234 g/mol. The predicted molar refractivity (Wildman–Crippen MR) is 55.0 cm³/mol. The Morgan fingerprint density at radius 1 is 1.69 bits per heavy atom. The molecule has 0 aromatic rings. The second-order valence-corrected chi connectivity index (χ2v) is 3.95. The molecule has 13 heavy (non-hydrogen) atoms. The lowest BCUT2D eigenvalue weighted by Gasteiger charge is -2.37. The molecule has 76 valence electrons. The van der Waals surface area contributed by atoms with Crippen molar-refractivity contribution in [3.63, 3.8) is 0 Å². The molecule has 1 fully saturated rings. The van der Waals surface area contributed by atoms with E-state index in [2.05, 4.69) is 22.9 Å². The number of hydrogen-bond donors (Lipinski definition) is 0. The average molecular weight is 250 g/mol. The van der Waals surface area contributed by atoms with Crippen LogP contribution in [0, 0.1) is 0 Å². The minimum absolute atomic E-state index is 0.161. The summed E-state index contributed by atoms with van der Waals surface area (Å²) in [5.74, 6) is 0.161. The normalized spacial score (nSPS) is 29.0. The van der Waals surface area contributed by atoms with E-state index in [-0.39, 0.29) is 18.1 Å². The van der Waals surface area contributed by atoms with Crippen LogP contribution in [0.4, 0.5) is 0 Å². The van der Waals surface area contributed by atoms with Crippen LogP contribution in [-0.4, -0.2) is 41.4 Å². The summed E-state index contributed by atoms with van der Waals surface area (Å²) in [6, 6.07) is 0.216. The van der Waals surface area contributed by atoms with Gasteiger partial charge in [0.25, 0.3) is 0 Å². The maximum Gasteiger partial charge on any atom is 0.233 e. The summed E-state index contributed by atoms with van der Waals surface area (Å²) in [6.07, 6.45) is 1.19. The van der Waals surface area contributed by atoms with Crippen molar-refractivity contribution < 1.29 is 9.53 Å². The number of ether oxygens (including phenoxy) is 1. The third-order valence-corrected chi connectivity index (χ3v) is 2.88. The number of alkyl halides is 1. The molecule has 2 unspecified atom stereocenters. The van der Waals surface area contributed by atoms with Crippen molar-refractivity contribution in [2.24, 2.45) is 0 Å². The van der Waals surface area contributed by atoms with E-state index in [9.17, 15) is 4.79 Å². The molecule has 1 heterocycles. The highest BCUT2D eigenvalue weighted by Gasteiger charge is 2.27. The van der Waals surface area contributed by atoms with Gasteiger partial charge in [0.05, 0.1) is 24.1 Å². The first kappa shape index (κ1) is 11.0. The molecule has 1 aliphatic rings. The standard InChI is InChI=1S/C9H16BrNO2/c1-3-8-5-11(9(12)4-10)7(2)6-13-8/h7-8H,3-6H2,1-2H3. The van der Waals surface area contributed by atoms with Crippen LogP contribution in [0.3, 0.4) is 0 Å². The Morgan fingerprint density at radius 3 is 2.92 bits per heavy atom. The van der Waals surface area contributed by atoms with E-state index in [1.165, 1.54) is 0 Å². The quantitative estimate of drug-likeness (QED) is 0.693. The lowest BCUT2D eigenvalue weighted by molar-refractivity contribution is -0.141. The van der Waals surface area contributed by atoms with Crippen LogP contribution in [0.5, 0.6) is 0 Å². The van der Waals surface area contributed by atoms with Gasteiger partial charge in [0.2, 0.25) is 5.91 Å². The number of rotatable bonds is 2. The van der Waals surface area contributed by atoms with Crippen LogP contribution < -0.4 is 0 Å². The zero-order valence-electron chi connectivity index (χ0n) is 8.12. The van der Waals surface area contributed by atoms with E-state index in [4.69, 9.17) is 4.74 Å². The number of halogens is 1. The highest BCUT2D eigenvalue weighted by Crippen LogP contribution is 2.14. The van der Waals surface area contributed by atoms with Crippen molar-refractivity contribution in [1.29, 1.82) is 0 Å². The first-order valence-corrected chi connectivity index (χ1v) is 5.78. The number of carbonyl (C=O) groups excluding carboxylic acids is 1. The molecule has 1 saturated heterocycles. The summed E-state index contributed by atoms with van der Waals surface area (Å²) >= 11 is 3.19. The number of carbonyl (C=O) groups is 1. The molecule has 1 rings (SSSR count). The van der Waals surface area contributed by atoms with Crippen LogP contribution in [0.15, 0.2) is 0 Å². The van der Waals surface area contributed by atoms with Crippen molar-refractivity contribution in [2.45, 2.75) is 32.4 Å². The summed E-state index contributed by atoms with van der Waals surface area (Å²) in [6.45, 7) is 5.50. The summed E-state index contributed by atoms with van der Waals surface area (Å²) in [5, 5.41) is 0.410. The first-order chi connectivity index (χ1) is 6.19.